The molecular formula is C22H27ClN2O. The third kappa shape index (κ3) is 3.65. The van der Waals surface area contributed by atoms with Crippen LogP contribution in [0.5, 0.6) is 0 Å². The predicted octanol–water partition coefficient (Wildman–Crippen LogP) is 4.99. The van der Waals surface area contributed by atoms with Crippen molar-refractivity contribution in [3.05, 3.63) is 70.2 Å². The molecule has 1 saturated carbocycles. The fraction of sp³-hybridized carbons (Fsp3) is 0.409. The molecule has 1 aliphatic carbocycles. The summed E-state index contributed by atoms with van der Waals surface area (Å²) < 4.78 is 0. The van der Waals surface area contributed by atoms with Crippen LogP contribution in [-0.4, -0.2) is 30.4 Å². The SMILES string of the molecule is Cc1cc(Cl)ccc1C(=O)NC(c1ccccc1)C1(N(C)C)CCCC1. The van der Waals surface area contributed by atoms with Gasteiger partial charge in [-0.2, -0.15) is 0 Å². The van der Waals surface area contributed by atoms with Crippen molar-refractivity contribution < 1.29 is 4.79 Å². The number of hydrogen-bond donors (Lipinski definition) is 1. The molecule has 2 aromatic carbocycles. The number of amides is 1. The number of rotatable bonds is 5. The van der Waals surface area contributed by atoms with Crippen molar-refractivity contribution in [3.8, 4) is 0 Å². The van der Waals surface area contributed by atoms with Gasteiger partial charge >= 0.3 is 0 Å². The molecule has 1 amide bonds. The Kier molecular flexibility index (Phi) is 5.69. The van der Waals surface area contributed by atoms with Crippen LogP contribution in [0.4, 0.5) is 0 Å². The van der Waals surface area contributed by atoms with E-state index in [1.807, 2.05) is 37.3 Å². The number of nitrogens with one attached hydrogen (secondary N) is 1. The summed E-state index contributed by atoms with van der Waals surface area (Å²) in [5, 5.41) is 4.00. The molecule has 0 bridgehead atoms. The van der Waals surface area contributed by atoms with E-state index < -0.39 is 0 Å². The molecule has 0 aliphatic heterocycles. The number of likely N-dealkylation sites (N-methyl/N-ethyl adjacent to an activating group) is 1. The number of hydrogen-bond acceptors (Lipinski definition) is 2. The zero-order chi connectivity index (χ0) is 18.7. The van der Waals surface area contributed by atoms with Crippen LogP contribution in [0.3, 0.4) is 0 Å². The normalized spacial score (nSPS) is 17.3. The number of nitrogens with zero attached hydrogens (tertiary/aromatic N) is 1. The van der Waals surface area contributed by atoms with Gasteiger partial charge in [0, 0.05) is 16.1 Å². The van der Waals surface area contributed by atoms with Gasteiger partial charge in [-0.25, -0.2) is 0 Å². The van der Waals surface area contributed by atoms with E-state index in [4.69, 9.17) is 11.6 Å². The maximum absolute atomic E-state index is 13.1. The Hall–Kier alpha value is -1.84. The number of carbonyl (C=O) groups excluding carboxylic acids is 1. The summed E-state index contributed by atoms with van der Waals surface area (Å²) in [6.45, 7) is 1.93. The molecule has 1 unspecified atom stereocenters. The second-order valence-corrected chi connectivity index (χ2v) is 7.92. The first-order valence-corrected chi connectivity index (χ1v) is 9.61. The van der Waals surface area contributed by atoms with Crippen LogP contribution in [-0.2, 0) is 0 Å². The van der Waals surface area contributed by atoms with Gasteiger partial charge in [-0.1, -0.05) is 54.8 Å². The van der Waals surface area contributed by atoms with E-state index in [-0.39, 0.29) is 17.5 Å². The first kappa shape index (κ1) is 18.9. The monoisotopic (exact) mass is 370 g/mol. The van der Waals surface area contributed by atoms with Crippen molar-refractivity contribution in [3.63, 3.8) is 0 Å². The van der Waals surface area contributed by atoms with Crippen molar-refractivity contribution in [2.45, 2.75) is 44.2 Å². The van der Waals surface area contributed by atoms with E-state index in [1.54, 1.807) is 6.07 Å². The van der Waals surface area contributed by atoms with Crippen molar-refractivity contribution >= 4 is 17.5 Å². The highest BCUT2D eigenvalue weighted by Crippen LogP contribution is 2.43. The fourth-order valence-electron chi connectivity index (χ4n) is 4.25. The van der Waals surface area contributed by atoms with E-state index in [0.717, 1.165) is 24.0 Å². The van der Waals surface area contributed by atoms with E-state index in [1.165, 1.54) is 12.8 Å². The molecule has 3 rings (SSSR count). The third-order valence-electron chi connectivity index (χ3n) is 5.74. The highest BCUT2D eigenvalue weighted by Gasteiger charge is 2.44. The van der Waals surface area contributed by atoms with Crippen LogP contribution in [0, 0.1) is 6.92 Å². The highest BCUT2D eigenvalue weighted by atomic mass is 35.5. The van der Waals surface area contributed by atoms with Gasteiger partial charge in [0.15, 0.2) is 0 Å². The fourth-order valence-corrected chi connectivity index (χ4v) is 4.47. The topological polar surface area (TPSA) is 32.3 Å². The average molecular weight is 371 g/mol. The first-order chi connectivity index (χ1) is 12.4. The smallest absolute Gasteiger partial charge is 0.252 e. The number of aryl methyl sites for hydroxylation is 1. The zero-order valence-electron chi connectivity index (χ0n) is 15.8. The van der Waals surface area contributed by atoms with E-state index in [2.05, 4.69) is 36.4 Å². The quantitative estimate of drug-likeness (QED) is 0.803. The van der Waals surface area contributed by atoms with Crippen LogP contribution in [0.15, 0.2) is 48.5 Å². The van der Waals surface area contributed by atoms with Crippen LogP contribution in [0.25, 0.3) is 0 Å². The summed E-state index contributed by atoms with van der Waals surface area (Å²) in [5.41, 5.74) is 2.68. The van der Waals surface area contributed by atoms with Crippen LogP contribution in [0.1, 0.15) is 53.2 Å². The summed E-state index contributed by atoms with van der Waals surface area (Å²) in [5.74, 6) is -0.0406. The number of carbonyl (C=O) groups is 1. The van der Waals surface area contributed by atoms with Gasteiger partial charge in [-0.05, 0) is 63.2 Å². The lowest BCUT2D eigenvalue weighted by Gasteiger charge is -2.44. The molecule has 1 atom stereocenters. The van der Waals surface area contributed by atoms with E-state index in [9.17, 15) is 4.79 Å². The lowest BCUT2D eigenvalue weighted by atomic mass is 9.82. The molecule has 4 heteroatoms. The van der Waals surface area contributed by atoms with Crippen molar-refractivity contribution in [2.75, 3.05) is 14.1 Å². The molecule has 1 aliphatic rings. The standard InChI is InChI=1S/C22H27ClN2O/c1-16-15-18(23)11-12-19(16)21(26)24-20(17-9-5-4-6-10-17)22(25(2)3)13-7-8-14-22/h4-6,9-12,15,20H,7-8,13-14H2,1-3H3,(H,24,26). The number of halogens is 1. The maximum atomic E-state index is 13.1. The highest BCUT2D eigenvalue weighted by molar-refractivity contribution is 6.30. The molecular weight excluding hydrogens is 344 g/mol. The predicted molar refractivity (Wildman–Crippen MR) is 108 cm³/mol. The zero-order valence-corrected chi connectivity index (χ0v) is 16.5. The minimum atomic E-state index is -0.0582. The van der Waals surface area contributed by atoms with Gasteiger partial charge in [-0.15, -0.1) is 0 Å². The lowest BCUT2D eigenvalue weighted by Crippen LogP contribution is -2.53. The summed E-state index contributed by atoms with van der Waals surface area (Å²) in [4.78, 5) is 15.4. The molecule has 3 nitrogen and oxygen atoms in total. The molecule has 2 aromatic rings. The molecule has 0 aromatic heterocycles. The molecule has 1 N–H and O–H groups in total. The Balaban J connectivity index is 1.97. The Morgan fingerprint density at radius 1 is 1.12 bits per heavy atom. The molecule has 1 fully saturated rings. The summed E-state index contributed by atoms with van der Waals surface area (Å²) >= 11 is 6.05. The first-order valence-electron chi connectivity index (χ1n) is 9.23. The Morgan fingerprint density at radius 2 is 1.77 bits per heavy atom. The van der Waals surface area contributed by atoms with Gasteiger partial charge in [0.2, 0.25) is 0 Å². The second kappa shape index (κ2) is 7.81. The molecule has 0 spiro atoms. The minimum absolute atomic E-state index is 0.0406. The van der Waals surface area contributed by atoms with Crippen LogP contribution < -0.4 is 5.32 Å². The number of benzene rings is 2. The summed E-state index contributed by atoms with van der Waals surface area (Å²) in [6, 6.07) is 15.7. The Morgan fingerprint density at radius 3 is 2.35 bits per heavy atom. The molecule has 26 heavy (non-hydrogen) atoms. The van der Waals surface area contributed by atoms with Crippen LogP contribution >= 0.6 is 11.6 Å². The third-order valence-corrected chi connectivity index (χ3v) is 5.97. The second-order valence-electron chi connectivity index (χ2n) is 7.48. The minimum Gasteiger partial charge on any atom is -0.343 e. The molecule has 138 valence electrons. The van der Waals surface area contributed by atoms with Gasteiger partial charge < -0.3 is 10.2 Å². The molecule has 0 heterocycles. The van der Waals surface area contributed by atoms with Crippen molar-refractivity contribution in [1.29, 1.82) is 0 Å². The maximum Gasteiger partial charge on any atom is 0.252 e. The summed E-state index contributed by atoms with van der Waals surface area (Å²) in [7, 11) is 4.25. The lowest BCUT2D eigenvalue weighted by molar-refractivity contribution is 0.0766. The van der Waals surface area contributed by atoms with Gasteiger partial charge in [0.05, 0.1) is 6.04 Å². The van der Waals surface area contributed by atoms with Gasteiger partial charge in [0.25, 0.3) is 5.91 Å². The molecule has 0 saturated heterocycles. The van der Waals surface area contributed by atoms with E-state index >= 15 is 0 Å². The van der Waals surface area contributed by atoms with Crippen molar-refractivity contribution in [1.82, 2.24) is 10.2 Å². The largest absolute Gasteiger partial charge is 0.343 e. The van der Waals surface area contributed by atoms with E-state index in [0.29, 0.717) is 10.6 Å². The Labute approximate surface area is 161 Å². The Bertz CT molecular complexity index is 767. The van der Waals surface area contributed by atoms with Crippen LogP contribution in [0.2, 0.25) is 5.02 Å². The van der Waals surface area contributed by atoms with Gasteiger partial charge in [0.1, 0.15) is 0 Å². The molecule has 0 radical (unpaired) electrons. The summed E-state index contributed by atoms with van der Waals surface area (Å²) in [6.07, 6.45) is 4.55. The van der Waals surface area contributed by atoms with Gasteiger partial charge in [-0.3, -0.25) is 4.79 Å². The van der Waals surface area contributed by atoms with Crippen molar-refractivity contribution in [2.24, 2.45) is 0 Å². The average Bonchev–Trinajstić information content (AvgIpc) is 3.11.